The lowest BCUT2D eigenvalue weighted by Gasteiger charge is -2.48. The Bertz CT molecular complexity index is 1100. The van der Waals surface area contributed by atoms with Crippen LogP contribution in [0.4, 0.5) is 5.69 Å². The van der Waals surface area contributed by atoms with Gasteiger partial charge in [-0.2, -0.15) is 0 Å². The van der Waals surface area contributed by atoms with Crippen molar-refractivity contribution < 1.29 is 9.15 Å². The van der Waals surface area contributed by atoms with Gasteiger partial charge < -0.3 is 14.5 Å². The van der Waals surface area contributed by atoms with E-state index in [0.29, 0.717) is 23.1 Å². The molecule has 5 rings (SSSR count). The SMILES string of the molecule is Cc1coc2c3c(ccc2c1=O)OC[C@H]1[C@@H]3Nc2ccccc2C1(C)C. The Morgan fingerprint density at radius 1 is 1.15 bits per heavy atom. The minimum atomic E-state index is -0.0582. The number of hydrogen-bond donors (Lipinski definition) is 1. The van der Waals surface area contributed by atoms with Crippen LogP contribution in [0.3, 0.4) is 0 Å². The Kier molecular flexibility index (Phi) is 3.06. The fraction of sp³-hybridized carbons (Fsp3) is 0.318. The first-order chi connectivity index (χ1) is 12.5. The van der Waals surface area contributed by atoms with Crippen molar-refractivity contribution in [2.75, 3.05) is 11.9 Å². The number of nitrogens with one attached hydrogen (secondary N) is 1. The molecule has 0 saturated carbocycles. The molecular weight excluding hydrogens is 326 g/mol. The van der Waals surface area contributed by atoms with Crippen LogP contribution in [-0.4, -0.2) is 6.61 Å². The molecule has 0 saturated heterocycles. The predicted molar refractivity (Wildman–Crippen MR) is 102 cm³/mol. The minimum Gasteiger partial charge on any atom is -0.493 e. The van der Waals surface area contributed by atoms with E-state index in [-0.39, 0.29) is 22.8 Å². The average Bonchev–Trinajstić information content (AvgIpc) is 2.64. The van der Waals surface area contributed by atoms with Crippen molar-refractivity contribution in [1.29, 1.82) is 0 Å². The molecule has 26 heavy (non-hydrogen) atoms. The normalized spacial score (nSPS) is 22.6. The molecule has 3 aromatic rings. The van der Waals surface area contributed by atoms with E-state index in [1.807, 2.05) is 12.1 Å². The van der Waals surface area contributed by atoms with Gasteiger partial charge in [-0.25, -0.2) is 0 Å². The highest BCUT2D eigenvalue weighted by atomic mass is 16.5. The first kappa shape index (κ1) is 15.5. The lowest BCUT2D eigenvalue weighted by molar-refractivity contribution is 0.136. The molecule has 2 aliphatic rings. The second kappa shape index (κ2) is 5.13. The molecule has 0 amide bonds. The van der Waals surface area contributed by atoms with E-state index >= 15 is 0 Å². The molecule has 0 bridgehead atoms. The van der Waals surface area contributed by atoms with Crippen LogP contribution in [0, 0.1) is 12.8 Å². The number of aryl methyl sites for hydroxylation is 1. The van der Waals surface area contributed by atoms with E-state index in [4.69, 9.17) is 9.15 Å². The van der Waals surface area contributed by atoms with Crippen molar-refractivity contribution in [2.24, 2.45) is 5.92 Å². The lowest BCUT2D eigenvalue weighted by atomic mass is 9.65. The van der Waals surface area contributed by atoms with E-state index in [9.17, 15) is 4.79 Å². The Hall–Kier alpha value is -2.75. The molecular formula is C22H21NO3. The molecule has 2 atom stereocenters. The van der Waals surface area contributed by atoms with Crippen LogP contribution in [0.25, 0.3) is 11.0 Å². The quantitative estimate of drug-likeness (QED) is 0.648. The van der Waals surface area contributed by atoms with Crippen molar-refractivity contribution in [2.45, 2.75) is 32.2 Å². The summed E-state index contributed by atoms with van der Waals surface area (Å²) in [5, 5.41) is 4.31. The smallest absolute Gasteiger partial charge is 0.195 e. The zero-order valence-electron chi connectivity index (χ0n) is 15.1. The van der Waals surface area contributed by atoms with Gasteiger partial charge in [0, 0.05) is 22.6 Å². The van der Waals surface area contributed by atoms with Crippen LogP contribution >= 0.6 is 0 Å². The number of fused-ring (bicyclic) bond motifs is 6. The van der Waals surface area contributed by atoms with Crippen molar-refractivity contribution in [1.82, 2.24) is 0 Å². The second-order valence-electron chi connectivity index (χ2n) is 7.91. The van der Waals surface area contributed by atoms with Crippen LogP contribution < -0.4 is 15.5 Å². The highest BCUT2D eigenvalue weighted by Gasteiger charge is 2.47. The number of ether oxygens (including phenoxy) is 1. The Balaban J connectivity index is 1.79. The number of benzene rings is 2. The largest absolute Gasteiger partial charge is 0.493 e. The molecule has 0 radical (unpaired) electrons. The minimum absolute atomic E-state index is 0.0200. The predicted octanol–water partition coefficient (Wildman–Crippen LogP) is 4.55. The molecule has 2 aromatic carbocycles. The van der Waals surface area contributed by atoms with Gasteiger partial charge in [0.1, 0.15) is 11.3 Å². The standard InChI is InChI=1S/C22H21NO3/c1-12-10-26-21-13(20(12)24)8-9-17-18(21)19-15(11-25-17)22(2,3)14-6-4-5-7-16(14)23-19/h4-10,15,19,23H,11H2,1-3H3/t15-,19-/m0/s1. The first-order valence-corrected chi connectivity index (χ1v) is 9.02. The van der Waals surface area contributed by atoms with Crippen LogP contribution in [0.1, 0.15) is 36.6 Å². The molecule has 4 nitrogen and oxygen atoms in total. The van der Waals surface area contributed by atoms with Crippen molar-refractivity contribution in [3.63, 3.8) is 0 Å². The molecule has 0 unspecified atom stereocenters. The van der Waals surface area contributed by atoms with E-state index in [1.165, 1.54) is 5.56 Å². The summed E-state index contributed by atoms with van der Waals surface area (Å²) in [5.41, 5.74) is 4.61. The molecule has 2 aliphatic heterocycles. The van der Waals surface area contributed by atoms with E-state index in [2.05, 4.69) is 43.4 Å². The van der Waals surface area contributed by atoms with Gasteiger partial charge in [0.15, 0.2) is 5.43 Å². The topological polar surface area (TPSA) is 51.5 Å². The molecule has 3 heterocycles. The third kappa shape index (κ3) is 1.93. The van der Waals surface area contributed by atoms with Crippen molar-refractivity contribution in [3.05, 3.63) is 69.6 Å². The Morgan fingerprint density at radius 3 is 2.81 bits per heavy atom. The third-order valence-corrected chi connectivity index (χ3v) is 6.10. The molecule has 0 fully saturated rings. The van der Waals surface area contributed by atoms with E-state index in [1.54, 1.807) is 13.2 Å². The molecule has 1 N–H and O–H groups in total. The van der Waals surface area contributed by atoms with Crippen molar-refractivity contribution in [3.8, 4) is 5.75 Å². The highest BCUT2D eigenvalue weighted by Crippen LogP contribution is 2.53. The van der Waals surface area contributed by atoms with Gasteiger partial charge >= 0.3 is 0 Å². The summed E-state index contributed by atoms with van der Waals surface area (Å²) < 4.78 is 12.0. The second-order valence-corrected chi connectivity index (χ2v) is 7.91. The molecule has 132 valence electrons. The number of anilines is 1. The monoisotopic (exact) mass is 347 g/mol. The first-order valence-electron chi connectivity index (χ1n) is 9.02. The van der Waals surface area contributed by atoms with Gasteiger partial charge in [0.05, 0.1) is 29.9 Å². The van der Waals surface area contributed by atoms with Gasteiger partial charge in [-0.05, 0) is 30.7 Å². The fourth-order valence-electron chi connectivity index (χ4n) is 4.53. The number of para-hydroxylation sites is 1. The molecule has 0 aliphatic carbocycles. The maximum absolute atomic E-state index is 12.6. The van der Waals surface area contributed by atoms with Crippen LogP contribution in [0.5, 0.6) is 5.75 Å². The van der Waals surface area contributed by atoms with Gasteiger partial charge in [0.2, 0.25) is 0 Å². The van der Waals surface area contributed by atoms with Gasteiger partial charge in [-0.1, -0.05) is 32.0 Å². The summed E-state index contributed by atoms with van der Waals surface area (Å²) in [4.78, 5) is 12.6. The fourth-order valence-corrected chi connectivity index (χ4v) is 4.53. The summed E-state index contributed by atoms with van der Waals surface area (Å²) in [5.74, 6) is 1.04. The summed E-state index contributed by atoms with van der Waals surface area (Å²) in [6.07, 6.45) is 1.55. The van der Waals surface area contributed by atoms with Crippen molar-refractivity contribution >= 4 is 16.7 Å². The zero-order valence-corrected chi connectivity index (χ0v) is 15.1. The summed E-state index contributed by atoms with van der Waals surface area (Å²) in [6.45, 7) is 6.95. The Labute approximate surface area is 151 Å². The highest BCUT2D eigenvalue weighted by molar-refractivity contribution is 5.84. The average molecular weight is 347 g/mol. The van der Waals surface area contributed by atoms with Gasteiger partial charge in [-0.15, -0.1) is 0 Å². The van der Waals surface area contributed by atoms with Crippen LogP contribution in [0.15, 0.2) is 51.9 Å². The summed E-state index contributed by atoms with van der Waals surface area (Å²) >= 11 is 0. The van der Waals surface area contributed by atoms with Crippen LogP contribution in [0.2, 0.25) is 0 Å². The maximum atomic E-state index is 12.6. The maximum Gasteiger partial charge on any atom is 0.195 e. The van der Waals surface area contributed by atoms with Crippen LogP contribution in [-0.2, 0) is 5.41 Å². The molecule has 1 aromatic heterocycles. The lowest BCUT2D eigenvalue weighted by Crippen LogP contribution is -2.46. The molecule has 0 spiro atoms. The summed E-state index contributed by atoms with van der Waals surface area (Å²) in [7, 11) is 0. The summed E-state index contributed by atoms with van der Waals surface area (Å²) in [6, 6.07) is 12.2. The van der Waals surface area contributed by atoms with E-state index in [0.717, 1.165) is 17.0 Å². The number of rotatable bonds is 0. The third-order valence-electron chi connectivity index (χ3n) is 6.10. The Morgan fingerprint density at radius 2 is 1.96 bits per heavy atom. The zero-order chi connectivity index (χ0) is 18.1. The van der Waals surface area contributed by atoms with E-state index < -0.39 is 0 Å². The molecule has 4 heteroatoms. The van der Waals surface area contributed by atoms with Gasteiger partial charge in [0.25, 0.3) is 0 Å². The number of hydrogen-bond acceptors (Lipinski definition) is 4. The van der Waals surface area contributed by atoms with Gasteiger partial charge in [-0.3, -0.25) is 4.79 Å².